The third-order valence-electron chi connectivity index (χ3n) is 3.13. The van der Waals surface area contributed by atoms with Crippen LogP contribution in [0.3, 0.4) is 0 Å². The number of rotatable bonds is 4. The molecule has 2 aromatic rings. The second-order valence-electron chi connectivity index (χ2n) is 4.82. The number of hydrogen-bond acceptors (Lipinski definition) is 4. The van der Waals surface area contributed by atoms with Crippen molar-refractivity contribution in [2.75, 3.05) is 36.3 Å². The van der Waals surface area contributed by atoms with E-state index in [0.29, 0.717) is 11.3 Å². The van der Waals surface area contributed by atoms with Crippen LogP contribution in [0.15, 0.2) is 47.4 Å². The fourth-order valence-electron chi connectivity index (χ4n) is 2.05. The molecule has 0 aromatic heterocycles. The Morgan fingerprint density at radius 2 is 1.90 bits per heavy atom. The van der Waals surface area contributed by atoms with Crippen molar-refractivity contribution >= 4 is 34.7 Å². The van der Waals surface area contributed by atoms with Crippen molar-refractivity contribution in [2.24, 2.45) is 0 Å². The average Bonchev–Trinajstić information content (AvgIpc) is 2.47. The summed E-state index contributed by atoms with van der Waals surface area (Å²) in [5.74, 6) is -0.159. The highest BCUT2D eigenvalue weighted by Gasteiger charge is 2.11. The zero-order valence-electron chi connectivity index (χ0n) is 12.4. The molecule has 4 nitrogen and oxygen atoms in total. The van der Waals surface area contributed by atoms with E-state index in [1.807, 2.05) is 55.6 Å². The number of benzene rings is 2. The van der Waals surface area contributed by atoms with Crippen LogP contribution in [0.25, 0.3) is 0 Å². The van der Waals surface area contributed by atoms with Crippen LogP contribution < -0.4 is 16.0 Å². The summed E-state index contributed by atoms with van der Waals surface area (Å²) in [4.78, 5) is 15.3. The number of nitrogens with one attached hydrogen (secondary N) is 1. The maximum atomic E-state index is 12.3. The van der Waals surface area contributed by atoms with Crippen LogP contribution in [-0.4, -0.2) is 26.3 Å². The van der Waals surface area contributed by atoms with Crippen molar-refractivity contribution in [3.05, 3.63) is 48.0 Å². The van der Waals surface area contributed by atoms with Crippen LogP contribution >= 0.6 is 11.8 Å². The van der Waals surface area contributed by atoms with E-state index in [4.69, 9.17) is 5.73 Å². The number of anilines is 3. The van der Waals surface area contributed by atoms with Crippen LogP contribution in [0.5, 0.6) is 0 Å². The lowest BCUT2D eigenvalue weighted by atomic mass is 10.1. The van der Waals surface area contributed by atoms with Gasteiger partial charge in [0.1, 0.15) is 0 Å². The summed E-state index contributed by atoms with van der Waals surface area (Å²) in [5, 5.41) is 2.92. The average molecular weight is 301 g/mol. The van der Waals surface area contributed by atoms with Gasteiger partial charge in [0.05, 0.1) is 17.1 Å². The summed E-state index contributed by atoms with van der Waals surface area (Å²) >= 11 is 1.60. The van der Waals surface area contributed by atoms with Crippen LogP contribution in [0.1, 0.15) is 10.4 Å². The Morgan fingerprint density at radius 3 is 2.52 bits per heavy atom. The molecule has 0 aliphatic carbocycles. The number of carbonyl (C=O) groups is 1. The van der Waals surface area contributed by atoms with Gasteiger partial charge >= 0.3 is 0 Å². The van der Waals surface area contributed by atoms with Crippen LogP contribution in [-0.2, 0) is 0 Å². The van der Waals surface area contributed by atoms with Crippen molar-refractivity contribution < 1.29 is 4.79 Å². The lowest BCUT2D eigenvalue weighted by Gasteiger charge is -2.16. The summed E-state index contributed by atoms with van der Waals surface area (Å²) in [6.07, 6.45) is 1.98. The Labute approximate surface area is 129 Å². The largest absolute Gasteiger partial charge is 0.397 e. The van der Waals surface area contributed by atoms with Gasteiger partial charge in [0.15, 0.2) is 0 Å². The smallest absolute Gasteiger partial charge is 0.255 e. The molecule has 0 bridgehead atoms. The zero-order valence-corrected chi connectivity index (χ0v) is 13.2. The molecule has 2 aromatic carbocycles. The number of para-hydroxylation sites is 1. The Kier molecular flexibility index (Phi) is 4.75. The van der Waals surface area contributed by atoms with Gasteiger partial charge in [0.2, 0.25) is 0 Å². The molecule has 0 heterocycles. The van der Waals surface area contributed by atoms with Crippen LogP contribution in [0.4, 0.5) is 17.1 Å². The van der Waals surface area contributed by atoms with E-state index in [0.717, 1.165) is 16.3 Å². The highest BCUT2D eigenvalue weighted by atomic mass is 32.2. The van der Waals surface area contributed by atoms with Crippen molar-refractivity contribution in [1.82, 2.24) is 0 Å². The van der Waals surface area contributed by atoms with Crippen molar-refractivity contribution in [3.63, 3.8) is 0 Å². The minimum atomic E-state index is -0.159. The first-order chi connectivity index (χ1) is 10.0. The molecule has 0 spiro atoms. The number of carbonyl (C=O) groups excluding carboxylic acids is 1. The Morgan fingerprint density at radius 1 is 1.19 bits per heavy atom. The molecule has 0 radical (unpaired) electrons. The first-order valence-corrected chi connectivity index (χ1v) is 7.76. The van der Waals surface area contributed by atoms with E-state index in [1.165, 1.54) is 0 Å². The summed E-state index contributed by atoms with van der Waals surface area (Å²) in [7, 11) is 3.83. The van der Waals surface area contributed by atoms with E-state index in [1.54, 1.807) is 23.9 Å². The van der Waals surface area contributed by atoms with Crippen molar-refractivity contribution in [2.45, 2.75) is 4.90 Å². The monoisotopic (exact) mass is 301 g/mol. The minimum Gasteiger partial charge on any atom is -0.397 e. The molecule has 21 heavy (non-hydrogen) atoms. The molecule has 3 N–H and O–H groups in total. The molecule has 2 rings (SSSR count). The number of amides is 1. The van der Waals surface area contributed by atoms with E-state index in [-0.39, 0.29) is 5.91 Å². The van der Waals surface area contributed by atoms with E-state index in [2.05, 4.69) is 5.32 Å². The molecule has 110 valence electrons. The molecular formula is C16H19N3OS. The molecule has 0 atom stereocenters. The topological polar surface area (TPSA) is 58.4 Å². The molecular weight excluding hydrogens is 282 g/mol. The first-order valence-electron chi connectivity index (χ1n) is 6.54. The van der Waals surface area contributed by atoms with Gasteiger partial charge in [-0.05, 0) is 36.6 Å². The number of nitrogens with zero attached hydrogens (tertiary/aromatic N) is 1. The zero-order chi connectivity index (χ0) is 15.4. The summed E-state index contributed by atoms with van der Waals surface area (Å²) < 4.78 is 0. The fourth-order valence-corrected chi connectivity index (χ4v) is 2.60. The van der Waals surface area contributed by atoms with E-state index >= 15 is 0 Å². The molecule has 0 aliphatic rings. The van der Waals surface area contributed by atoms with Gasteiger partial charge in [0, 0.05) is 24.6 Å². The van der Waals surface area contributed by atoms with Gasteiger partial charge in [-0.2, -0.15) is 0 Å². The van der Waals surface area contributed by atoms with E-state index in [9.17, 15) is 4.79 Å². The highest BCUT2D eigenvalue weighted by Crippen LogP contribution is 2.26. The number of thioether (sulfide) groups is 1. The van der Waals surface area contributed by atoms with E-state index < -0.39 is 0 Å². The maximum absolute atomic E-state index is 12.3. The highest BCUT2D eigenvalue weighted by molar-refractivity contribution is 7.98. The lowest BCUT2D eigenvalue weighted by molar-refractivity contribution is 0.102. The molecule has 1 amide bonds. The summed E-state index contributed by atoms with van der Waals surface area (Å²) in [6.45, 7) is 0. The first kappa shape index (κ1) is 15.3. The second-order valence-corrected chi connectivity index (χ2v) is 5.67. The van der Waals surface area contributed by atoms with Gasteiger partial charge in [-0.15, -0.1) is 11.8 Å². The normalized spacial score (nSPS) is 10.2. The van der Waals surface area contributed by atoms with Crippen LogP contribution in [0, 0.1) is 0 Å². The molecule has 5 heteroatoms. The van der Waals surface area contributed by atoms with Gasteiger partial charge in [-0.3, -0.25) is 4.79 Å². The summed E-state index contributed by atoms with van der Waals surface area (Å²) in [6, 6.07) is 13.1. The maximum Gasteiger partial charge on any atom is 0.255 e. The third-order valence-corrected chi connectivity index (χ3v) is 3.92. The number of nitrogens with two attached hydrogens (primary N) is 1. The van der Waals surface area contributed by atoms with Crippen molar-refractivity contribution in [1.29, 1.82) is 0 Å². The van der Waals surface area contributed by atoms with Gasteiger partial charge in [-0.25, -0.2) is 0 Å². The lowest BCUT2D eigenvalue weighted by Crippen LogP contribution is -2.15. The second kappa shape index (κ2) is 6.54. The standard InChI is InChI=1S/C16H19N3OS/c1-19(2)14-9-8-11(10-12(14)17)16(20)18-13-6-4-5-7-15(13)21-3/h4-10H,17H2,1-3H3,(H,18,20). The predicted octanol–water partition coefficient (Wildman–Crippen LogP) is 3.31. The molecule has 0 unspecified atom stereocenters. The minimum absolute atomic E-state index is 0.159. The van der Waals surface area contributed by atoms with Crippen molar-refractivity contribution in [3.8, 4) is 0 Å². The fraction of sp³-hybridized carbons (Fsp3) is 0.188. The molecule has 0 saturated heterocycles. The number of nitrogen functional groups attached to an aromatic ring is 1. The van der Waals surface area contributed by atoms with Gasteiger partial charge in [-0.1, -0.05) is 12.1 Å². The molecule has 0 fully saturated rings. The van der Waals surface area contributed by atoms with Gasteiger partial charge < -0.3 is 16.0 Å². The quantitative estimate of drug-likeness (QED) is 0.672. The van der Waals surface area contributed by atoms with Gasteiger partial charge in [0.25, 0.3) is 5.91 Å². The van der Waals surface area contributed by atoms with Crippen LogP contribution in [0.2, 0.25) is 0 Å². The Bertz CT molecular complexity index is 656. The number of hydrogen-bond donors (Lipinski definition) is 2. The Hall–Kier alpha value is -2.14. The summed E-state index contributed by atoms with van der Waals surface area (Å²) in [5.41, 5.74) is 8.83. The SMILES string of the molecule is CSc1ccccc1NC(=O)c1ccc(N(C)C)c(N)c1. The molecule has 0 aliphatic heterocycles. The predicted molar refractivity (Wildman–Crippen MR) is 91.4 cm³/mol. The third kappa shape index (κ3) is 3.49. The Balaban J connectivity index is 2.23. The molecule has 0 saturated carbocycles.